The molecule has 1 aromatic carbocycles. The average Bonchev–Trinajstić information content (AvgIpc) is 3.14. The summed E-state index contributed by atoms with van der Waals surface area (Å²) < 4.78 is 23.7. The maximum Gasteiger partial charge on any atom is 0.229 e. The Balaban J connectivity index is 1.42. The van der Waals surface area contributed by atoms with E-state index in [0.29, 0.717) is 11.5 Å². The van der Waals surface area contributed by atoms with Crippen molar-refractivity contribution in [3.05, 3.63) is 46.7 Å². The van der Waals surface area contributed by atoms with Gasteiger partial charge in [0.1, 0.15) is 30.2 Å². The van der Waals surface area contributed by atoms with Crippen LogP contribution in [0, 0.1) is 0 Å². The van der Waals surface area contributed by atoms with Crippen molar-refractivity contribution in [1.82, 2.24) is 5.32 Å². The molecule has 8 atom stereocenters. The fourth-order valence-corrected chi connectivity index (χ4v) is 6.08. The minimum atomic E-state index is -1.51. The van der Waals surface area contributed by atoms with Gasteiger partial charge in [0.2, 0.25) is 6.29 Å². The molecule has 5 aliphatic rings. The van der Waals surface area contributed by atoms with Gasteiger partial charge in [0, 0.05) is 11.6 Å². The Morgan fingerprint density at radius 1 is 1.16 bits per heavy atom. The second-order valence-electron chi connectivity index (χ2n) is 9.07. The molecule has 9 nitrogen and oxygen atoms in total. The highest BCUT2D eigenvalue weighted by Crippen LogP contribution is 2.61. The van der Waals surface area contributed by atoms with E-state index in [1.54, 1.807) is 13.2 Å². The predicted octanol–water partition coefficient (Wildman–Crippen LogP) is -0.748. The SMILES string of the molecule is COC1=CC=C2[C@H]3Cc4ccc(OC5OC(CO)C(O)C(O)C5O)c5c4[C@@]2(CCN3)[C@H]1O5. The third-order valence-corrected chi connectivity index (χ3v) is 7.57. The number of benzene rings is 1. The Bertz CT molecular complexity index is 1010. The molecule has 3 aliphatic heterocycles. The number of allylic oxidation sites excluding steroid dienone is 2. The first-order chi connectivity index (χ1) is 15.5. The number of hydrogen-bond acceptors (Lipinski definition) is 9. The molecule has 32 heavy (non-hydrogen) atoms. The van der Waals surface area contributed by atoms with Gasteiger partial charge >= 0.3 is 0 Å². The third-order valence-electron chi connectivity index (χ3n) is 7.57. The second kappa shape index (κ2) is 7.18. The first-order valence-electron chi connectivity index (χ1n) is 11.0. The first kappa shape index (κ1) is 20.5. The Hall–Kier alpha value is -2.14. The number of ether oxygens (including phenoxy) is 4. The molecule has 1 spiro atoms. The highest BCUT2D eigenvalue weighted by molar-refractivity contribution is 5.67. The molecule has 5 N–H and O–H groups in total. The van der Waals surface area contributed by atoms with Crippen molar-refractivity contribution in [2.75, 3.05) is 20.3 Å². The molecular formula is C23H27NO8. The summed E-state index contributed by atoms with van der Waals surface area (Å²) in [6.45, 7) is 0.337. The Morgan fingerprint density at radius 3 is 2.78 bits per heavy atom. The van der Waals surface area contributed by atoms with Gasteiger partial charge in [0.25, 0.3) is 0 Å². The summed E-state index contributed by atoms with van der Waals surface area (Å²) in [5.41, 5.74) is 3.20. The molecule has 6 rings (SSSR count). The van der Waals surface area contributed by atoms with Gasteiger partial charge in [-0.2, -0.15) is 0 Å². The van der Waals surface area contributed by atoms with E-state index in [4.69, 9.17) is 18.9 Å². The van der Waals surface area contributed by atoms with E-state index in [1.165, 1.54) is 11.1 Å². The molecule has 2 aliphatic carbocycles. The smallest absolute Gasteiger partial charge is 0.229 e. The molecule has 1 aromatic rings. The monoisotopic (exact) mass is 445 g/mol. The quantitative estimate of drug-likeness (QED) is 0.407. The van der Waals surface area contributed by atoms with E-state index in [0.717, 1.165) is 30.7 Å². The van der Waals surface area contributed by atoms with Crippen molar-refractivity contribution in [2.45, 2.75) is 61.1 Å². The summed E-state index contributed by atoms with van der Waals surface area (Å²) in [7, 11) is 1.64. The van der Waals surface area contributed by atoms with Crippen LogP contribution in [0.4, 0.5) is 0 Å². The van der Waals surface area contributed by atoms with Crippen LogP contribution in [-0.4, -0.2) is 83.5 Å². The fourth-order valence-electron chi connectivity index (χ4n) is 6.08. The number of aliphatic hydroxyl groups excluding tert-OH is 4. The van der Waals surface area contributed by atoms with Crippen molar-refractivity contribution in [1.29, 1.82) is 0 Å². The van der Waals surface area contributed by atoms with Crippen LogP contribution in [0.5, 0.6) is 11.5 Å². The normalized spacial score (nSPS) is 41.2. The highest BCUT2D eigenvalue weighted by Gasteiger charge is 2.61. The van der Waals surface area contributed by atoms with Gasteiger partial charge in [-0.3, -0.25) is 0 Å². The fraction of sp³-hybridized carbons (Fsp3) is 0.565. The van der Waals surface area contributed by atoms with E-state index in [1.807, 2.05) is 12.1 Å². The topological polar surface area (TPSA) is 130 Å². The van der Waals surface area contributed by atoms with Crippen molar-refractivity contribution >= 4 is 0 Å². The zero-order valence-electron chi connectivity index (χ0n) is 17.6. The molecule has 9 heteroatoms. The lowest BCUT2D eigenvalue weighted by Gasteiger charge is -2.49. The van der Waals surface area contributed by atoms with Gasteiger partial charge in [0.05, 0.1) is 19.1 Å². The van der Waals surface area contributed by atoms with Crippen LogP contribution in [0.15, 0.2) is 35.6 Å². The van der Waals surface area contributed by atoms with E-state index in [2.05, 4.69) is 11.4 Å². The zero-order chi connectivity index (χ0) is 22.2. The maximum absolute atomic E-state index is 10.4. The first-order valence-corrected chi connectivity index (χ1v) is 11.0. The number of hydrogen-bond donors (Lipinski definition) is 5. The molecule has 2 bridgehead atoms. The highest BCUT2D eigenvalue weighted by atomic mass is 16.7. The molecule has 0 aromatic heterocycles. The molecule has 5 unspecified atom stereocenters. The molecule has 2 fully saturated rings. The van der Waals surface area contributed by atoms with Gasteiger partial charge in [0.15, 0.2) is 17.6 Å². The Labute approximate surface area is 184 Å². The minimum Gasteiger partial charge on any atom is -0.497 e. The van der Waals surface area contributed by atoms with Crippen molar-refractivity contribution < 1.29 is 39.4 Å². The second-order valence-corrected chi connectivity index (χ2v) is 9.07. The van der Waals surface area contributed by atoms with Crippen LogP contribution < -0.4 is 14.8 Å². The molecule has 0 saturated carbocycles. The summed E-state index contributed by atoms with van der Waals surface area (Å²) in [5.74, 6) is 1.71. The summed E-state index contributed by atoms with van der Waals surface area (Å²) in [5, 5.41) is 43.7. The summed E-state index contributed by atoms with van der Waals surface area (Å²) in [4.78, 5) is 0. The van der Waals surface area contributed by atoms with Crippen LogP contribution >= 0.6 is 0 Å². The van der Waals surface area contributed by atoms with Crippen molar-refractivity contribution in [3.8, 4) is 11.5 Å². The summed E-state index contributed by atoms with van der Waals surface area (Å²) in [6, 6.07) is 4.03. The number of nitrogens with one attached hydrogen (secondary N) is 1. The van der Waals surface area contributed by atoms with Gasteiger partial charge in [-0.1, -0.05) is 12.1 Å². The molecule has 3 heterocycles. The van der Waals surface area contributed by atoms with Crippen LogP contribution in [0.1, 0.15) is 17.5 Å². The number of methoxy groups -OCH3 is 1. The van der Waals surface area contributed by atoms with Gasteiger partial charge < -0.3 is 44.7 Å². The number of rotatable bonds is 4. The van der Waals surface area contributed by atoms with E-state index in [-0.39, 0.29) is 17.6 Å². The van der Waals surface area contributed by atoms with E-state index in [9.17, 15) is 20.4 Å². The minimum absolute atomic E-state index is 0.236. The lowest BCUT2D eigenvalue weighted by atomic mass is 9.58. The van der Waals surface area contributed by atoms with E-state index >= 15 is 0 Å². The largest absolute Gasteiger partial charge is 0.497 e. The van der Waals surface area contributed by atoms with Gasteiger partial charge in [-0.15, -0.1) is 0 Å². The maximum atomic E-state index is 10.4. The molecule has 0 radical (unpaired) electrons. The van der Waals surface area contributed by atoms with Crippen molar-refractivity contribution in [3.63, 3.8) is 0 Å². The molecule has 172 valence electrons. The van der Waals surface area contributed by atoms with Crippen LogP contribution in [-0.2, 0) is 21.3 Å². The lowest BCUT2D eigenvalue weighted by molar-refractivity contribution is -0.277. The van der Waals surface area contributed by atoms with Crippen LogP contribution in [0.25, 0.3) is 0 Å². The lowest BCUT2D eigenvalue weighted by Crippen LogP contribution is -2.60. The molecular weight excluding hydrogens is 418 g/mol. The standard InChI is InChI=1S/C23H27NO8/c1-29-14-5-3-11-12-8-10-2-4-13(20-16(10)23(11,6-7-24-12)21(14)32-20)30-22-19(28)18(27)17(26)15(9-25)31-22/h2-5,12,15,17-19,21-22,24-28H,6-9H2,1H3/t12-,15?,17?,18?,19?,21+,22?,23+/m1/s1. The molecule has 0 amide bonds. The number of piperidine rings is 1. The van der Waals surface area contributed by atoms with Gasteiger partial charge in [-0.05, 0) is 42.7 Å². The predicted molar refractivity (Wildman–Crippen MR) is 110 cm³/mol. The molecule has 2 saturated heterocycles. The Morgan fingerprint density at radius 2 is 2.00 bits per heavy atom. The van der Waals surface area contributed by atoms with E-state index < -0.39 is 37.3 Å². The number of aliphatic hydroxyl groups is 4. The Kier molecular flexibility index (Phi) is 4.59. The van der Waals surface area contributed by atoms with Crippen LogP contribution in [0.2, 0.25) is 0 Å². The summed E-state index contributed by atoms with van der Waals surface area (Å²) in [6.07, 6.45) is -1.30. The van der Waals surface area contributed by atoms with Gasteiger partial charge in [-0.25, -0.2) is 0 Å². The zero-order valence-corrected chi connectivity index (χ0v) is 17.6. The van der Waals surface area contributed by atoms with Crippen LogP contribution in [0.3, 0.4) is 0 Å². The average molecular weight is 445 g/mol. The van der Waals surface area contributed by atoms with Crippen molar-refractivity contribution in [2.24, 2.45) is 0 Å². The summed E-state index contributed by atoms with van der Waals surface area (Å²) >= 11 is 0. The third kappa shape index (κ3) is 2.55.